The normalized spacial score (nSPS) is 31.1. The zero-order valence-electron chi connectivity index (χ0n) is 5.14. The molecule has 0 spiro atoms. The third-order valence-electron chi connectivity index (χ3n) is 1.23. The molecule has 0 radical (unpaired) electrons. The van der Waals surface area contributed by atoms with Crippen molar-refractivity contribution < 1.29 is 4.39 Å². The van der Waals surface area contributed by atoms with Crippen LogP contribution in [0, 0.1) is 11.3 Å². The number of hydrogen-bond acceptors (Lipinski definition) is 1. The summed E-state index contributed by atoms with van der Waals surface area (Å²) in [6.07, 6.45) is 4.60. The molecule has 1 aliphatic rings. The van der Waals surface area contributed by atoms with Gasteiger partial charge < -0.3 is 0 Å². The van der Waals surface area contributed by atoms with Gasteiger partial charge in [0.05, 0.1) is 6.07 Å². The minimum absolute atomic E-state index is 0.229. The van der Waals surface area contributed by atoms with E-state index in [2.05, 4.69) is 15.9 Å². The lowest BCUT2D eigenvalue weighted by Gasteiger charge is -2.13. The van der Waals surface area contributed by atoms with E-state index >= 15 is 0 Å². The van der Waals surface area contributed by atoms with Gasteiger partial charge in [0.1, 0.15) is 0 Å². The lowest BCUT2D eigenvalue weighted by Crippen LogP contribution is -2.10. The Kier molecular flexibility index (Phi) is 1.91. The minimum atomic E-state index is -1.44. The summed E-state index contributed by atoms with van der Waals surface area (Å²) in [6.45, 7) is 0. The Balaban J connectivity index is 2.75. The molecule has 0 aliphatic heterocycles. The zero-order valence-corrected chi connectivity index (χ0v) is 6.73. The molecule has 0 bridgehead atoms. The molecule has 3 heteroatoms. The van der Waals surface area contributed by atoms with Gasteiger partial charge in [-0.05, 0) is 28.1 Å². The van der Waals surface area contributed by atoms with Gasteiger partial charge in [-0.2, -0.15) is 5.26 Å². The molecule has 1 nitrogen and oxygen atoms in total. The fourth-order valence-corrected chi connectivity index (χ4v) is 0.971. The Morgan fingerprint density at radius 1 is 1.80 bits per heavy atom. The van der Waals surface area contributed by atoms with Crippen molar-refractivity contribution >= 4 is 15.9 Å². The van der Waals surface area contributed by atoms with Gasteiger partial charge >= 0.3 is 0 Å². The SMILES string of the molecule is N#CC1=CCC(F)(Br)C=C1. The van der Waals surface area contributed by atoms with E-state index in [0.29, 0.717) is 5.57 Å². The molecule has 0 fully saturated rings. The summed E-state index contributed by atoms with van der Waals surface area (Å²) < 4.78 is 11.4. The van der Waals surface area contributed by atoms with E-state index in [-0.39, 0.29) is 6.42 Å². The highest BCUT2D eigenvalue weighted by atomic mass is 79.9. The smallest absolute Gasteiger partial charge is 0.187 e. The molecule has 1 aliphatic carbocycles. The summed E-state index contributed by atoms with van der Waals surface area (Å²) in [6, 6.07) is 1.93. The van der Waals surface area contributed by atoms with Crippen LogP contribution in [0.1, 0.15) is 6.42 Å². The minimum Gasteiger partial charge on any atom is -0.226 e. The molecule has 1 rings (SSSR count). The lowest BCUT2D eigenvalue weighted by molar-refractivity contribution is 0.367. The maximum Gasteiger partial charge on any atom is 0.187 e. The summed E-state index contributed by atoms with van der Waals surface area (Å²) in [5.74, 6) is 0. The van der Waals surface area contributed by atoms with Crippen molar-refractivity contribution in [2.45, 2.75) is 11.0 Å². The van der Waals surface area contributed by atoms with E-state index in [0.717, 1.165) is 0 Å². The van der Waals surface area contributed by atoms with Crippen LogP contribution >= 0.6 is 15.9 Å². The first-order valence-corrected chi connectivity index (χ1v) is 3.61. The molecule has 0 N–H and O–H groups in total. The number of allylic oxidation sites excluding steroid dienone is 4. The topological polar surface area (TPSA) is 23.8 Å². The van der Waals surface area contributed by atoms with Crippen LogP contribution in [0.3, 0.4) is 0 Å². The molecular formula is C7H5BrFN. The van der Waals surface area contributed by atoms with Gasteiger partial charge in [-0.1, -0.05) is 6.08 Å². The molecule has 52 valence electrons. The highest BCUT2D eigenvalue weighted by molar-refractivity contribution is 9.10. The van der Waals surface area contributed by atoms with Crippen LogP contribution in [0.2, 0.25) is 0 Å². The first-order valence-electron chi connectivity index (χ1n) is 2.81. The summed E-state index contributed by atoms with van der Waals surface area (Å²) in [5, 5.41) is 8.35. The summed E-state index contributed by atoms with van der Waals surface area (Å²) in [7, 11) is 0. The van der Waals surface area contributed by atoms with Crippen LogP contribution in [-0.4, -0.2) is 4.58 Å². The lowest BCUT2D eigenvalue weighted by atomic mass is 10.1. The van der Waals surface area contributed by atoms with Crippen LogP contribution < -0.4 is 0 Å². The van der Waals surface area contributed by atoms with Crippen molar-refractivity contribution in [3.8, 4) is 6.07 Å². The maximum absolute atomic E-state index is 12.9. The number of nitrogens with zero attached hydrogens (tertiary/aromatic N) is 1. The maximum atomic E-state index is 12.9. The number of nitriles is 1. The quantitative estimate of drug-likeness (QED) is 0.553. The molecule has 10 heavy (non-hydrogen) atoms. The molecule has 1 atom stereocenters. The van der Waals surface area contributed by atoms with Gasteiger partial charge in [0.2, 0.25) is 0 Å². The molecule has 0 saturated heterocycles. The molecule has 0 saturated carbocycles. The van der Waals surface area contributed by atoms with Crippen molar-refractivity contribution in [1.29, 1.82) is 5.26 Å². The van der Waals surface area contributed by atoms with Gasteiger partial charge in [-0.3, -0.25) is 0 Å². The number of halogens is 2. The number of hydrogen-bond donors (Lipinski definition) is 0. The van der Waals surface area contributed by atoms with Crippen LogP contribution in [-0.2, 0) is 0 Å². The van der Waals surface area contributed by atoms with Crippen molar-refractivity contribution in [2.75, 3.05) is 0 Å². The summed E-state index contributed by atoms with van der Waals surface area (Å²) in [4.78, 5) is 0. The van der Waals surface area contributed by atoms with Crippen LogP contribution in [0.5, 0.6) is 0 Å². The highest BCUT2D eigenvalue weighted by Gasteiger charge is 2.22. The predicted molar refractivity (Wildman–Crippen MR) is 40.2 cm³/mol. The average Bonchev–Trinajstić information content (AvgIpc) is 1.88. The summed E-state index contributed by atoms with van der Waals surface area (Å²) in [5.41, 5.74) is 0.521. The van der Waals surface area contributed by atoms with Crippen molar-refractivity contribution in [3.05, 3.63) is 23.8 Å². The predicted octanol–water partition coefficient (Wildman–Crippen LogP) is 2.46. The molecule has 0 aromatic heterocycles. The Morgan fingerprint density at radius 3 is 2.90 bits per heavy atom. The van der Waals surface area contributed by atoms with E-state index in [4.69, 9.17) is 5.26 Å². The second-order valence-electron chi connectivity index (χ2n) is 2.07. The van der Waals surface area contributed by atoms with E-state index in [1.165, 1.54) is 12.2 Å². The van der Waals surface area contributed by atoms with E-state index in [9.17, 15) is 4.39 Å². The fraction of sp³-hybridized carbons (Fsp3) is 0.286. The van der Waals surface area contributed by atoms with Gasteiger partial charge in [-0.15, -0.1) is 0 Å². The highest BCUT2D eigenvalue weighted by Crippen LogP contribution is 2.30. The van der Waals surface area contributed by atoms with Gasteiger partial charge in [-0.25, -0.2) is 4.39 Å². The zero-order chi connectivity index (χ0) is 7.61. The van der Waals surface area contributed by atoms with Crippen LogP contribution in [0.15, 0.2) is 23.8 Å². The third-order valence-corrected chi connectivity index (χ3v) is 1.82. The Bertz CT molecular complexity index is 234. The van der Waals surface area contributed by atoms with Gasteiger partial charge in [0, 0.05) is 12.0 Å². The fourth-order valence-electron chi connectivity index (χ4n) is 0.677. The average molecular weight is 202 g/mol. The molecule has 0 aromatic rings. The molecular weight excluding hydrogens is 197 g/mol. The monoisotopic (exact) mass is 201 g/mol. The second-order valence-corrected chi connectivity index (χ2v) is 3.39. The molecule has 1 unspecified atom stereocenters. The van der Waals surface area contributed by atoms with Crippen molar-refractivity contribution in [1.82, 2.24) is 0 Å². The largest absolute Gasteiger partial charge is 0.226 e. The summed E-state index contributed by atoms with van der Waals surface area (Å²) >= 11 is 2.84. The standard InChI is InChI=1S/C7H5BrFN/c8-7(9)3-1-6(5-10)2-4-7/h1-3H,4H2. The molecule has 0 heterocycles. The Morgan fingerprint density at radius 2 is 2.50 bits per heavy atom. The first-order chi connectivity index (χ1) is 4.64. The number of rotatable bonds is 0. The van der Waals surface area contributed by atoms with Gasteiger partial charge in [0.25, 0.3) is 0 Å². The Hall–Kier alpha value is -0.620. The van der Waals surface area contributed by atoms with Crippen LogP contribution in [0.25, 0.3) is 0 Å². The third kappa shape index (κ3) is 1.68. The Labute approximate surface area is 67.0 Å². The number of alkyl halides is 2. The van der Waals surface area contributed by atoms with Crippen molar-refractivity contribution in [2.24, 2.45) is 0 Å². The van der Waals surface area contributed by atoms with E-state index in [1.54, 1.807) is 6.08 Å². The van der Waals surface area contributed by atoms with Gasteiger partial charge in [0.15, 0.2) is 4.58 Å². The molecule has 0 amide bonds. The van der Waals surface area contributed by atoms with Crippen LogP contribution in [0.4, 0.5) is 4.39 Å². The van der Waals surface area contributed by atoms with E-state index in [1.807, 2.05) is 6.07 Å². The molecule has 0 aromatic carbocycles. The van der Waals surface area contributed by atoms with Crippen molar-refractivity contribution in [3.63, 3.8) is 0 Å². The van der Waals surface area contributed by atoms with E-state index < -0.39 is 4.58 Å². The second kappa shape index (κ2) is 2.55. The first kappa shape index (κ1) is 7.49.